The van der Waals surface area contributed by atoms with Crippen molar-refractivity contribution in [3.8, 4) is 0 Å². The zero-order valence-corrected chi connectivity index (χ0v) is 24.8. The summed E-state index contributed by atoms with van der Waals surface area (Å²) >= 11 is 0. The monoisotopic (exact) mass is 582 g/mol. The van der Waals surface area contributed by atoms with Gasteiger partial charge in [0.25, 0.3) is 5.91 Å². The number of ketones is 1. The number of allylic oxidation sites excluding steroid dienone is 10. The molecule has 1 saturated heterocycles. The van der Waals surface area contributed by atoms with Crippen LogP contribution in [-0.2, 0) is 4.79 Å². The van der Waals surface area contributed by atoms with Crippen LogP contribution in [0.4, 0.5) is 5.82 Å². The van der Waals surface area contributed by atoms with Gasteiger partial charge < -0.3 is 10.2 Å². The summed E-state index contributed by atoms with van der Waals surface area (Å²) in [4.78, 5) is 41.3. The van der Waals surface area contributed by atoms with Crippen LogP contribution >= 0.6 is 0 Å². The summed E-state index contributed by atoms with van der Waals surface area (Å²) in [5.74, 6) is 1.13. The summed E-state index contributed by atoms with van der Waals surface area (Å²) in [6.07, 6.45) is 24.0. The van der Waals surface area contributed by atoms with Gasteiger partial charge in [-0.05, 0) is 32.3 Å². The first-order chi connectivity index (χ1) is 20.9. The van der Waals surface area contributed by atoms with E-state index in [1.165, 1.54) is 17.2 Å². The lowest BCUT2D eigenvalue weighted by atomic mass is 10.1. The summed E-state index contributed by atoms with van der Waals surface area (Å²) in [6, 6.07) is 0.00660. The molecule has 0 aromatic carbocycles. The zero-order valence-electron chi connectivity index (χ0n) is 24.8. The fourth-order valence-electron chi connectivity index (χ4n) is 4.73. The van der Waals surface area contributed by atoms with Gasteiger partial charge in [-0.25, -0.2) is 9.98 Å². The quantitative estimate of drug-likeness (QED) is 0.195. The lowest BCUT2D eigenvalue weighted by molar-refractivity contribution is -0.114. The molecule has 12 heteroatoms. The fraction of sp³-hybridized carbons (Fsp3) is 0.323. The van der Waals surface area contributed by atoms with Gasteiger partial charge in [0, 0.05) is 68.2 Å². The Morgan fingerprint density at radius 2 is 2.16 bits per heavy atom. The Balaban J connectivity index is 1.61. The number of hydrogen-bond donors (Lipinski definition) is 3. The number of aromatic amines is 1. The molecule has 2 unspecified atom stereocenters. The van der Waals surface area contributed by atoms with Gasteiger partial charge in [0.2, 0.25) is 5.82 Å². The molecule has 0 spiro atoms. The molecule has 4 rings (SSSR count). The van der Waals surface area contributed by atoms with Crippen molar-refractivity contribution in [3.63, 3.8) is 0 Å². The second-order valence-electron chi connectivity index (χ2n) is 10.2. The van der Waals surface area contributed by atoms with E-state index >= 15 is 0 Å². The maximum Gasteiger partial charge on any atom is 0.291 e. The van der Waals surface area contributed by atoms with Crippen molar-refractivity contribution in [1.82, 2.24) is 35.3 Å². The lowest BCUT2D eigenvalue weighted by Gasteiger charge is -2.19. The predicted molar refractivity (Wildman–Crippen MR) is 170 cm³/mol. The molecule has 0 bridgehead atoms. The normalized spacial score (nSPS) is 19.9. The lowest BCUT2D eigenvalue weighted by Crippen LogP contribution is -2.34. The molecule has 12 nitrogen and oxygen atoms in total. The number of amides is 1. The van der Waals surface area contributed by atoms with Gasteiger partial charge in [-0.3, -0.25) is 25.1 Å². The molecule has 224 valence electrons. The molecule has 2 aliphatic rings. The topological polar surface area (TPSA) is 146 Å². The molecule has 1 amide bonds. The Kier molecular flexibility index (Phi) is 10.9. The van der Waals surface area contributed by atoms with Gasteiger partial charge in [0.05, 0.1) is 6.20 Å². The highest BCUT2D eigenvalue weighted by molar-refractivity contribution is 6.12. The molecule has 2 atom stereocenters. The van der Waals surface area contributed by atoms with E-state index < -0.39 is 0 Å². The molecule has 2 aliphatic heterocycles. The van der Waals surface area contributed by atoms with Crippen LogP contribution in [0.3, 0.4) is 0 Å². The number of rotatable bonds is 12. The molecule has 4 heterocycles. The van der Waals surface area contributed by atoms with E-state index in [9.17, 15) is 9.59 Å². The first-order valence-electron chi connectivity index (χ1n) is 14.2. The summed E-state index contributed by atoms with van der Waals surface area (Å²) in [7, 11) is 1.70. The summed E-state index contributed by atoms with van der Waals surface area (Å²) in [6.45, 7) is 9.11. The molecule has 2 aromatic rings. The number of aliphatic imine (C=N–C) groups is 2. The number of hydrogen-bond acceptors (Lipinski definition) is 9. The predicted octanol–water partition coefficient (Wildman–Crippen LogP) is 3.92. The number of carbonyl (C=O) groups excluding carboxylic acids is 2. The maximum atomic E-state index is 12.9. The van der Waals surface area contributed by atoms with Crippen LogP contribution in [-0.4, -0.2) is 80.3 Å². The standard InChI is InChI=1S/C31H38N10O2/c1-5-6-7-8-10-22(2)11-9-12-25(18-32-4)27-19-37-41(39-28-16-26(42)13-14-33-28)30(27)34-17-24-15-23(3)40(20-24)31(43)29-35-21-36-38-29/h5-6,8-12,16-19,21,23-24,33,39H,2,7,13-15,20H2,1,3-4H3,(H,35,36,38)/b6-5-,10-8-,11-9+,25-12+,32-18?,34-17+. The highest BCUT2D eigenvalue weighted by Crippen LogP contribution is 2.28. The van der Waals surface area contributed by atoms with Crippen molar-refractivity contribution >= 4 is 35.5 Å². The van der Waals surface area contributed by atoms with Crippen LogP contribution in [0.5, 0.6) is 0 Å². The van der Waals surface area contributed by atoms with E-state index in [1.54, 1.807) is 24.4 Å². The third kappa shape index (κ3) is 8.44. The summed E-state index contributed by atoms with van der Waals surface area (Å²) in [5, 5.41) is 14.2. The van der Waals surface area contributed by atoms with E-state index in [2.05, 4.69) is 54.7 Å². The van der Waals surface area contributed by atoms with Gasteiger partial charge in [-0.15, -0.1) is 0 Å². The minimum atomic E-state index is -0.192. The highest BCUT2D eigenvalue weighted by atomic mass is 16.2. The summed E-state index contributed by atoms with van der Waals surface area (Å²) in [5.41, 5.74) is 5.54. The Hall–Kier alpha value is -5.13. The molecule has 1 fully saturated rings. The smallest absolute Gasteiger partial charge is 0.291 e. The van der Waals surface area contributed by atoms with Crippen molar-refractivity contribution in [2.24, 2.45) is 15.9 Å². The number of nitrogens with zero attached hydrogens (tertiary/aromatic N) is 7. The third-order valence-corrected chi connectivity index (χ3v) is 6.86. The van der Waals surface area contributed by atoms with E-state index in [0.29, 0.717) is 31.1 Å². The Bertz CT molecular complexity index is 1500. The van der Waals surface area contributed by atoms with E-state index in [-0.39, 0.29) is 29.5 Å². The van der Waals surface area contributed by atoms with Crippen molar-refractivity contribution in [1.29, 1.82) is 0 Å². The van der Waals surface area contributed by atoms with Gasteiger partial charge in [0.1, 0.15) is 12.1 Å². The molecule has 2 aromatic heterocycles. The van der Waals surface area contributed by atoms with Crippen molar-refractivity contribution in [2.45, 2.75) is 39.2 Å². The largest absolute Gasteiger partial charge is 0.370 e. The number of nitrogens with one attached hydrogen (secondary N) is 3. The van der Waals surface area contributed by atoms with Crippen LogP contribution < -0.4 is 10.7 Å². The first kappa shape index (κ1) is 30.8. The third-order valence-electron chi connectivity index (χ3n) is 6.86. The van der Waals surface area contributed by atoms with Crippen molar-refractivity contribution in [2.75, 3.05) is 25.6 Å². The van der Waals surface area contributed by atoms with Gasteiger partial charge in [-0.1, -0.05) is 49.1 Å². The van der Waals surface area contributed by atoms with E-state index in [0.717, 1.165) is 29.6 Å². The van der Waals surface area contributed by atoms with E-state index in [4.69, 9.17) is 4.99 Å². The average Bonchev–Trinajstić information content (AvgIpc) is 3.74. The van der Waals surface area contributed by atoms with Gasteiger partial charge >= 0.3 is 0 Å². The second kappa shape index (κ2) is 15.2. The molecule has 0 aliphatic carbocycles. The van der Waals surface area contributed by atoms with Crippen LogP contribution in [0.25, 0.3) is 5.57 Å². The highest BCUT2D eigenvalue weighted by Gasteiger charge is 2.33. The van der Waals surface area contributed by atoms with Crippen LogP contribution in [0.15, 0.2) is 89.1 Å². The summed E-state index contributed by atoms with van der Waals surface area (Å²) < 4.78 is 0. The maximum absolute atomic E-state index is 12.9. The zero-order chi connectivity index (χ0) is 30.6. The molecular formula is C31H38N10O2. The number of aromatic nitrogens is 5. The van der Waals surface area contributed by atoms with Crippen molar-refractivity contribution in [3.05, 3.63) is 90.5 Å². The molecular weight excluding hydrogens is 544 g/mol. The average molecular weight is 583 g/mol. The molecule has 0 saturated carbocycles. The SMILES string of the molecule is C=C(/C=C\C/C=C\C)/C=C/C=C(\C=NC)c1cnn(NC2=CC(=O)CCN2)c1/N=C/C1CC(C)N(C(=O)c2ncn[nH]2)C1. The first-order valence-corrected chi connectivity index (χ1v) is 14.2. The number of likely N-dealkylation sites (tertiary alicyclic amines) is 1. The number of H-pyrrole nitrogens is 1. The molecule has 43 heavy (non-hydrogen) atoms. The minimum Gasteiger partial charge on any atom is -0.370 e. The van der Waals surface area contributed by atoms with Crippen molar-refractivity contribution < 1.29 is 9.59 Å². The number of carbonyl (C=O) groups is 2. The minimum absolute atomic E-state index is 0.00660. The second-order valence-corrected chi connectivity index (χ2v) is 10.2. The Morgan fingerprint density at radius 3 is 2.91 bits per heavy atom. The Labute approximate surface area is 251 Å². The molecule has 0 radical (unpaired) electrons. The Morgan fingerprint density at radius 1 is 1.30 bits per heavy atom. The fourth-order valence-corrected chi connectivity index (χ4v) is 4.73. The van der Waals surface area contributed by atoms with E-state index in [1.807, 2.05) is 50.4 Å². The van der Waals surface area contributed by atoms with Crippen LogP contribution in [0.2, 0.25) is 0 Å². The van der Waals surface area contributed by atoms with Gasteiger partial charge in [-0.2, -0.15) is 15.0 Å². The van der Waals surface area contributed by atoms with Gasteiger partial charge in [0.15, 0.2) is 11.6 Å². The molecule has 3 N–H and O–H groups in total. The van der Waals surface area contributed by atoms with Crippen LogP contribution in [0.1, 0.15) is 49.3 Å². The van der Waals surface area contributed by atoms with Crippen LogP contribution in [0, 0.1) is 5.92 Å².